The third-order valence-corrected chi connectivity index (χ3v) is 7.58. The van der Waals surface area contributed by atoms with Crippen molar-refractivity contribution in [2.75, 3.05) is 13.7 Å². The van der Waals surface area contributed by atoms with Crippen LogP contribution in [0.3, 0.4) is 0 Å². The zero-order chi connectivity index (χ0) is 30.9. The number of phenols is 3. The number of hydrogen-bond acceptors (Lipinski definition) is 14. The van der Waals surface area contributed by atoms with Crippen molar-refractivity contribution < 1.29 is 69.7 Å². The molecule has 2 aromatic rings. The second-order valence-electron chi connectivity index (χ2n) is 10.4. The fraction of sp³-hybridized carbons (Fsp3) is 0.536. The predicted molar refractivity (Wildman–Crippen MR) is 141 cm³/mol. The normalized spacial score (nSPS) is 33.3. The monoisotopic (exact) mass is 596 g/mol. The maximum atomic E-state index is 12.9. The van der Waals surface area contributed by atoms with E-state index in [0.717, 1.165) is 12.1 Å². The summed E-state index contributed by atoms with van der Waals surface area (Å²) in [7, 11) is 1.40. The Morgan fingerprint density at radius 3 is 2.12 bits per heavy atom. The molecule has 2 aliphatic rings. The largest absolute Gasteiger partial charge is 0.507 e. The molecule has 2 saturated heterocycles. The minimum absolute atomic E-state index is 0.0186. The number of carbonyl (C=O) groups is 1. The molecule has 42 heavy (non-hydrogen) atoms. The number of hydrogen-bond donors (Lipinski definition) is 9. The van der Waals surface area contributed by atoms with Crippen LogP contribution in [0.4, 0.5) is 0 Å². The number of Topliss-reactive ketones (excluding diaryl/α,β-unsaturated/α-hetero) is 1. The van der Waals surface area contributed by atoms with Gasteiger partial charge in [-0.1, -0.05) is 6.07 Å². The lowest BCUT2D eigenvalue weighted by Gasteiger charge is -2.46. The molecule has 0 radical (unpaired) electrons. The third-order valence-electron chi connectivity index (χ3n) is 7.58. The van der Waals surface area contributed by atoms with Crippen LogP contribution in [0.2, 0.25) is 0 Å². The van der Waals surface area contributed by atoms with Crippen molar-refractivity contribution >= 4 is 5.78 Å². The Bertz CT molecular complexity index is 1230. The first-order valence-corrected chi connectivity index (χ1v) is 13.3. The minimum atomic E-state index is -1.76. The first kappa shape index (κ1) is 31.9. The average Bonchev–Trinajstić information content (AvgIpc) is 2.95. The van der Waals surface area contributed by atoms with Gasteiger partial charge in [-0.15, -0.1) is 0 Å². The molecule has 232 valence electrons. The van der Waals surface area contributed by atoms with Crippen molar-refractivity contribution in [1.82, 2.24) is 0 Å². The van der Waals surface area contributed by atoms with Crippen molar-refractivity contribution in [2.24, 2.45) is 0 Å². The van der Waals surface area contributed by atoms with Crippen LogP contribution >= 0.6 is 0 Å². The molecule has 0 amide bonds. The van der Waals surface area contributed by atoms with Gasteiger partial charge < -0.3 is 64.9 Å². The molecule has 0 unspecified atom stereocenters. The first-order chi connectivity index (χ1) is 19.9. The molecule has 4 rings (SSSR count). The van der Waals surface area contributed by atoms with E-state index in [1.807, 2.05) is 0 Å². The second kappa shape index (κ2) is 13.1. The van der Waals surface area contributed by atoms with Gasteiger partial charge in [0, 0.05) is 6.42 Å². The number of benzene rings is 2. The molecule has 14 nitrogen and oxygen atoms in total. The zero-order valence-electron chi connectivity index (χ0n) is 22.8. The fourth-order valence-corrected chi connectivity index (χ4v) is 5.15. The van der Waals surface area contributed by atoms with E-state index in [2.05, 4.69) is 0 Å². The van der Waals surface area contributed by atoms with Crippen LogP contribution in [-0.2, 0) is 20.6 Å². The molecule has 0 saturated carbocycles. The Kier molecular flexibility index (Phi) is 9.92. The van der Waals surface area contributed by atoms with Gasteiger partial charge in [-0.2, -0.15) is 0 Å². The van der Waals surface area contributed by atoms with Crippen LogP contribution in [0.1, 0.15) is 40.9 Å². The number of ketones is 1. The highest BCUT2D eigenvalue weighted by Gasteiger charge is 2.50. The van der Waals surface area contributed by atoms with Gasteiger partial charge in [0.05, 0.1) is 19.8 Å². The summed E-state index contributed by atoms with van der Waals surface area (Å²) in [5, 5.41) is 93.0. The van der Waals surface area contributed by atoms with Gasteiger partial charge >= 0.3 is 0 Å². The van der Waals surface area contributed by atoms with Gasteiger partial charge in [-0.25, -0.2) is 0 Å². The summed E-state index contributed by atoms with van der Waals surface area (Å²) >= 11 is 0. The van der Waals surface area contributed by atoms with E-state index in [9.17, 15) is 50.8 Å². The quantitative estimate of drug-likeness (QED) is 0.158. The van der Waals surface area contributed by atoms with E-state index >= 15 is 0 Å². The lowest BCUT2D eigenvalue weighted by molar-refractivity contribution is -0.338. The third kappa shape index (κ3) is 6.32. The lowest BCUT2D eigenvalue weighted by atomic mass is 9.89. The van der Waals surface area contributed by atoms with Crippen LogP contribution in [0.5, 0.6) is 23.0 Å². The number of rotatable bonds is 9. The van der Waals surface area contributed by atoms with E-state index < -0.39 is 85.1 Å². The summed E-state index contributed by atoms with van der Waals surface area (Å²) in [5.74, 6) is -1.72. The van der Waals surface area contributed by atoms with Crippen LogP contribution in [0, 0.1) is 0 Å². The highest BCUT2D eigenvalue weighted by molar-refractivity contribution is 6.01. The predicted octanol–water partition coefficient (Wildman–Crippen LogP) is -1.01. The second-order valence-corrected chi connectivity index (χ2v) is 10.4. The number of aromatic hydroxyl groups is 3. The Morgan fingerprint density at radius 2 is 1.52 bits per heavy atom. The van der Waals surface area contributed by atoms with E-state index in [1.165, 1.54) is 26.2 Å². The summed E-state index contributed by atoms with van der Waals surface area (Å²) in [5.41, 5.74) is 0.200. The van der Waals surface area contributed by atoms with Crippen molar-refractivity contribution in [3.05, 3.63) is 47.0 Å². The van der Waals surface area contributed by atoms with Crippen molar-refractivity contribution in [3.8, 4) is 23.0 Å². The summed E-state index contributed by atoms with van der Waals surface area (Å²) in [4.78, 5) is 12.9. The number of phenolic OH excluding ortho intramolecular Hbond substituents is 3. The molecule has 0 spiro atoms. The van der Waals surface area contributed by atoms with E-state index in [-0.39, 0.29) is 35.5 Å². The molecule has 2 aliphatic heterocycles. The van der Waals surface area contributed by atoms with Crippen molar-refractivity contribution in [2.45, 2.75) is 81.0 Å². The molecule has 9 N–H and O–H groups in total. The average molecular weight is 597 g/mol. The maximum Gasteiger partial charge on any atom is 0.187 e. The molecule has 2 fully saturated rings. The Morgan fingerprint density at radius 1 is 0.857 bits per heavy atom. The molecule has 0 aliphatic carbocycles. The Labute approximate surface area is 240 Å². The standard InChI is InChI=1S/C28H36O14/c1-11-21(34)23(36)25(38)28(40-11)42-27-24(37)22(35)19(10-29)41-26(27)13-8-16(32)20(17(33)9-13)14(30)5-3-12-4-6-18(39-2)15(31)7-12/h4,6-9,11,19,21-29,31-38H,3,5,10H2,1-2H3/t11-,19+,21-,22+,23+,24-,25+,26-,27+,28+/m0/s1. The van der Waals surface area contributed by atoms with Crippen molar-refractivity contribution in [1.29, 1.82) is 0 Å². The SMILES string of the molecule is COc1ccc(CCC(=O)c2c(O)cc([C@@H]3O[C@H](CO)[C@@H](O)[C@H](O)[C@H]3O[C@H]3O[C@@H](C)[C@H](O)[C@@H](O)[C@H]3O)cc2O)cc1O. The number of carbonyl (C=O) groups excluding carboxylic acids is 1. The summed E-state index contributed by atoms with van der Waals surface area (Å²) in [6.45, 7) is 0.697. The summed E-state index contributed by atoms with van der Waals surface area (Å²) < 4.78 is 21.9. The fourth-order valence-electron chi connectivity index (χ4n) is 5.15. The lowest BCUT2D eigenvalue weighted by Crippen LogP contribution is -2.61. The highest BCUT2D eigenvalue weighted by Crippen LogP contribution is 2.41. The van der Waals surface area contributed by atoms with Gasteiger partial charge in [-0.3, -0.25) is 4.79 Å². The molecular formula is C28H36O14. The molecule has 14 heteroatoms. The molecular weight excluding hydrogens is 560 g/mol. The highest BCUT2D eigenvalue weighted by atomic mass is 16.7. The summed E-state index contributed by atoms with van der Waals surface area (Å²) in [6.07, 6.45) is -15.1. The maximum absolute atomic E-state index is 12.9. The molecule has 10 atom stereocenters. The number of aliphatic hydroxyl groups is 6. The van der Waals surface area contributed by atoms with Crippen LogP contribution in [0.15, 0.2) is 30.3 Å². The number of aliphatic hydroxyl groups excluding tert-OH is 6. The van der Waals surface area contributed by atoms with Gasteiger partial charge in [0.1, 0.15) is 65.9 Å². The molecule has 2 heterocycles. The van der Waals surface area contributed by atoms with E-state index in [1.54, 1.807) is 6.07 Å². The van der Waals surface area contributed by atoms with E-state index in [4.69, 9.17) is 18.9 Å². The van der Waals surface area contributed by atoms with Gasteiger partial charge in [0.25, 0.3) is 0 Å². The van der Waals surface area contributed by atoms with Crippen LogP contribution in [0.25, 0.3) is 0 Å². The number of ether oxygens (including phenoxy) is 4. The van der Waals surface area contributed by atoms with Gasteiger partial charge in [0.15, 0.2) is 23.6 Å². The first-order valence-electron chi connectivity index (χ1n) is 13.3. The van der Waals surface area contributed by atoms with Gasteiger partial charge in [-0.05, 0) is 48.7 Å². The van der Waals surface area contributed by atoms with Crippen molar-refractivity contribution in [3.63, 3.8) is 0 Å². The Balaban J connectivity index is 1.58. The minimum Gasteiger partial charge on any atom is -0.507 e. The molecule has 0 aromatic heterocycles. The van der Waals surface area contributed by atoms with Crippen LogP contribution < -0.4 is 4.74 Å². The summed E-state index contributed by atoms with van der Waals surface area (Å²) in [6, 6.07) is 6.80. The van der Waals surface area contributed by atoms with Crippen LogP contribution in [-0.4, -0.2) is 121 Å². The topological polar surface area (TPSA) is 236 Å². The number of aryl methyl sites for hydroxylation is 1. The van der Waals surface area contributed by atoms with Gasteiger partial charge in [0.2, 0.25) is 0 Å². The molecule has 2 aromatic carbocycles. The Hall–Kier alpha value is -3.05. The zero-order valence-corrected chi connectivity index (χ0v) is 22.8. The van der Waals surface area contributed by atoms with E-state index in [0.29, 0.717) is 5.56 Å². The number of methoxy groups -OCH3 is 1. The molecule has 0 bridgehead atoms. The smallest absolute Gasteiger partial charge is 0.187 e.